The van der Waals surface area contributed by atoms with E-state index in [4.69, 9.17) is 0 Å². The average molecular weight is 416 g/mol. The van der Waals surface area contributed by atoms with Crippen LogP contribution in [0.2, 0.25) is 0 Å². The molecule has 1 fully saturated rings. The van der Waals surface area contributed by atoms with Crippen LogP contribution in [0.1, 0.15) is 44.1 Å². The van der Waals surface area contributed by atoms with Gasteiger partial charge in [-0.3, -0.25) is 9.59 Å². The van der Waals surface area contributed by atoms with Gasteiger partial charge in [-0.05, 0) is 50.1 Å². The number of hydrogen-bond acceptors (Lipinski definition) is 5. The molecule has 0 aliphatic carbocycles. The zero-order valence-corrected chi connectivity index (χ0v) is 17.9. The van der Waals surface area contributed by atoms with Crippen molar-refractivity contribution >= 4 is 35.3 Å². The van der Waals surface area contributed by atoms with E-state index >= 15 is 0 Å². The summed E-state index contributed by atoms with van der Waals surface area (Å²) in [6.45, 7) is 2.87. The lowest BCUT2D eigenvalue weighted by Gasteiger charge is -2.33. The van der Waals surface area contributed by atoms with Crippen molar-refractivity contribution in [2.75, 3.05) is 18.6 Å². The summed E-state index contributed by atoms with van der Waals surface area (Å²) in [5.41, 5.74) is 1.50. The van der Waals surface area contributed by atoms with Gasteiger partial charge in [0.1, 0.15) is 0 Å². The molecule has 148 valence electrons. The first-order valence-electron chi connectivity index (χ1n) is 9.53. The summed E-state index contributed by atoms with van der Waals surface area (Å²) in [5.74, 6) is -0.0633. The standard InChI is InChI=1S/C21H25N3O2S2/c1-14-5-3-4-10-24(14)20(26)13-28-21-18(12-22)17(11-19(25)23-21)15-6-8-16(27-2)9-7-15/h6-9,14,17H,3-5,10-11,13H2,1-2H3,(H,23,25)/t14-,17+/m1/s1. The molecule has 0 saturated carbocycles. The lowest BCUT2D eigenvalue weighted by Crippen LogP contribution is -2.43. The molecule has 0 aromatic heterocycles. The zero-order chi connectivity index (χ0) is 20.1. The molecule has 1 N–H and O–H groups in total. The minimum absolute atomic E-state index is 0.0719. The Bertz CT molecular complexity index is 814. The van der Waals surface area contributed by atoms with Gasteiger partial charge in [-0.25, -0.2) is 0 Å². The van der Waals surface area contributed by atoms with E-state index in [0.717, 1.165) is 36.3 Å². The van der Waals surface area contributed by atoms with Crippen LogP contribution in [0.25, 0.3) is 0 Å². The number of piperidine rings is 1. The third-order valence-corrected chi connectivity index (χ3v) is 7.08. The van der Waals surface area contributed by atoms with Crippen molar-refractivity contribution in [3.63, 3.8) is 0 Å². The van der Waals surface area contributed by atoms with Gasteiger partial charge < -0.3 is 10.2 Å². The molecule has 0 radical (unpaired) electrons. The number of allylic oxidation sites excluding steroid dienone is 1. The van der Waals surface area contributed by atoms with Gasteiger partial charge >= 0.3 is 0 Å². The number of carbonyl (C=O) groups is 2. The Morgan fingerprint density at radius 3 is 2.71 bits per heavy atom. The van der Waals surface area contributed by atoms with Crippen LogP contribution in [0.15, 0.2) is 39.8 Å². The summed E-state index contributed by atoms with van der Waals surface area (Å²) in [7, 11) is 0. The molecule has 0 bridgehead atoms. The monoisotopic (exact) mass is 415 g/mol. The molecule has 1 aromatic rings. The summed E-state index contributed by atoms with van der Waals surface area (Å²) in [6.07, 6.45) is 5.50. The molecule has 1 saturated heterocycles. The summed E-state index contributed by atoms with van der Waals surface area (Å²) in [6, 6.07) is 10.5. The zero-order valence-electron chi connectivity index (χ0n) is 16.2. The Balaban J connectivity index is 1.77. The van der Waals surface area contributed by atoms with Crippen LogP contribution in [0.4, 0.5) is 0 Å². The highest BCUT2D eigenvalue weighted by atomic mass is 32.2. The highest BCUT2D eigenvalue weighted by Crippen LogP contribution is 2.36. The minimum atomic E-state index is -0.263. The van der Waals surface area contributed by atoms with Crippen LogP contribution in [-0.4, -0.2) is 41.3 Å². The molecule has 0 unspecified atom stereocenters. The number of benzene rings is 1. The van der Waals surface area contributed by atoms with E-state index in [-0.39, 0.29) is 35.9 Å². The maximum absolute atomic E-state index is 12.6. The van der Waals surface area contributed by atoms with E-state index in [2.05, 4.69) is 18.3 Å². The first-order chi connectivity index (χ1) is 13.5. The SMILES string of the molecule is CSc1ccc([C@@H]2CC(=O)NC(SCC(=O)N3CCCC[C@H]3C)=C2C#N)cc1. The number of thioether (sulfide) groups is 2. The largest absolute Gasteiger partial charge is 0.339 e. The Morgan fingerprint density at radius 1 is 1.32 bits per heavy atom. The van der Waals surface area contributed by atoms with Crippen LogP contribution in [-0.2, 0) is 9.59 Å². The Morgan fingerprint density at radius 2 is 2.07 bits per heavy atom. The summed E-state index contributed by atoms with van der Waals surface area (Å²) < 4.78 is 0. The number of nitriles is 1. The molecule has 28 heavy (non-hydrogen) atoms. The first-order valence-corrected chi connectivity index (χ1v) is 11.7. The lowest BCUT2D eigenvalue weighted by atomic mass is 9.87. The molecular formula is C21H25N3O2S2. The van der Waals surface area contributed by atoms with Gasteiger partial charge in [-0.15, -0.1) is 11.8 Å². The fraction of sp³-hybridized carbons (Fsp3) is 0.476. The third-order valence-electron chi connectivity index (χ3n) is 5.34. The second-order valence-electron chi connectivity index (χ2n) is 7.15. The number of carbonyl (C=O) groups excluding carboxylic acids is 2. The van der Waals surface area contributed by atoms with Crippen molar-refractivity contribution in [2.24, 2.45) is 0 Å². The van der Waals surface area contributed by atoms with Gasteiger partial charge in [0.15, 0.2) is 0 Å². The fourth-order valence-electron chi connectivity index (χ4n) is 3.74. The van der Waals surface area contributed by atoms with Gasteiger partial charge in [0.25, 0.3) is 0 Å². The number of amides is 2. The molecule has 5 nitrogen and oxygen atoms in total. The molecule has 7 heteroatoms. The Labute approximate surface area is 174 Å². The fourth-order valence-corrected chi connectivity index (χ4v) is 5.11. The normalized spacial score (nSPS) is 22.6. The van der Waals surface area contributed by atoms with Gasteiger partial charge in [0.05, 0.1) is 22.4 Å². The number of likely N-dealkylation sites (tertiary alicyclic amines) is 1. The number of nitrogens with zero attached hydrogens (tertiary/aromatic N) is 2. The maximum Gasteiger partial charge on any atom is 0.233 e. The molecule has 2 atom stereocenters. The number of hydrogen-bond donors (Lipinski definition) is 1. The van der Waals surface area contributed by atoms with Crippen LogP contribution < -0.4 is 5.32 Å². The summed E-state index contributed by atoms with van der Waals surface area (Å²) in [5, 5.41) is 13.1. The maximum atomic E-state index is 12.6. The molecule has 3 rings (SSSR count). The van der Waals surface area contributed by atoms with Gasteiger partial charge in [0.2, 0.25) is 11.8 Å². The minimum Gasteiger partial charge on any atom is -0.339 e. The first kappa shape index (κ1) is 20.8. The van der Waals surface area contributed by atoms with E-state index < -0.39 is 0 Å². The van der Waals surface area contributed by atoms with Crippen molar-refractivity contribution in [1.29, 1.82) is 5.26 Å². The van der Waals surface area contributed by atoms with Crippen molar-refractivity contribution in [2.45, 2.75) is 49.5 Å². The van der Waals surface area contributed by atoms with Crippen LogP contribution in [0.3, 0.4) is 0 Å². The highest BCUT2D eigenvalue weighted by molar-refractivity contribution is 8.03. The molecule has 2 heterocycles. The Hall–Kier alpha value is -1.91. The highest BCUT2D eigenvalue weighted by Gasteiger charge is 2.31. The molecular weight excluding hydrogens is 390 g/mol. The second kappa shape index (κ2) is 9.53. The van der Waals surface area contributed by atoms with Crippen LogP contribution in [0.5, 0.6) is 0 Å². The predicted molar refractivity (Wildman–Crippen MR) is 114 cm³/mol. The van der Waals surface area contributed by atoms with E-state index in [1.807, 2.05) is 35.4 Å². The van der Waals surface area contributed by atoms with Gasteiger partial charge in [0, 0.05) is 29.8 Å². The molecule has 0 spiro atoms. The van der Waals surface area contributed by atoms with Crippen molar-refractivity contribution in [1.82, 2.24) is 10.2 Å². The average Bonchev–Trinajstić information content (AvgIpc) is 2.72. The van der Waals surface area contributed by atoms with E-state index in [0.29, 0.717) is 10.6 Å². The number of nitrogens with one attached hydrogen (secondary N) is 1. The smallest absolute Gasteiger partial charge is 0.233 e. The third kappa shape index (κ3) is 4.73. The van der Waals surface area contributed by atoms with Crippen molar-refractivity contribution in [3.8, 4) is 6.07 Å². The van der Waals surface area contributed by atoms with Crippen molar-refractivity contribution < 1.29 is 9.59 Å². The molecule has 2 amide bonds. The lowest BCUT2D eigenvalue weighted by molar-refractivity contribution is -0.131. The summed E-state index contributed by atoms with van der Waals surface area (Å²) in [4.78, 5) is 28.0. The van der Waals surface area contributed by atoms with E-state index in [1.165, 1.54) is 11.8 Å². The van der Waals surface area contributed by atoms with E-state index in [9.17, 15) is 14.9 Å². The van der Waals surface area contributed by atoms with Crippen LogP contribution in [0, 0.1) is 11.3 Å². The predicted octanol–water partition coefficient (Wildman–Crippen LogP) is 3.88. The molecule has 2 aliphatic rings. The number of rotatable bonds is 5. The van der Waals surface area contributed by atoms with E-state index in [1.54, 1.807) is 11.8 Å². The summed E-state index contributed by atoms with van der Waals surface area (Å²) >= 11 is 2.93. The Kier molecular flexibility index (Phi) is 7.08. The van der Waals surface area contributed by atoms with Gasteiger partial charge in [-0.1, -0.05) is 23.9 Å². The topological polar surface area (TPSA) is 73.2 Å². The van der Waals surface area contributed by atoms with Crippen LogP contribution >= 0.6 is 23.5 Å². The van der Waals surface area contributed by atoms with Crippen molar-refractivity contribution in [3.05, 3.63) is 40.4 Å². The molecule has 2 aliphatic heterocycles. The van der Waals surface area contributed by atoms with Gasteiger partial charge in [-0.2, -0.15) is 5.26 Å². The molecule has 1 aromatic carbocycles. The quantitative estimate of drug-likeness (QED) is 0.739. The second-order valence-corrected chi connectivity index (χ2v) is 9.02.